The number of halogens is 1. The second-order valence-corrected chi connectivity index (χ2v) is 3.59. The first-order chi connectivity index (χ1) is 7.81. The molecule has 1 N–H and O–H groups in total. The lowest BCUT2D eigenvalue weighted by Crippen LogP contribution is -2.19. The van der Waals surface area contributed by atoms with Gasteiger partial charge in [-0.15, -0.1) is 6.42 Å². The zero-order chi connectivity index (χ0) is 11.4. The van der Waals surface area contributed by atoms with E-state index in [4.69, 9.17) is 6.42 Å². The summed E-state index contributed by atoms with van der Waals surface area (Å²) >= 11 is 0. The zero-order valence-electron chi connectivity index (χ0n) is 8.91. The summed E-state index contributed by atoms with van der Waals surface area (Å²) in [5.74, 6) is 2.32. The maximum atomic E-state index is 13.0. The average Bonchev–Trinajstić information content (AvgIpc) is 2.67. The van der Waals surface area contributed by atoms with Crippen molar-refractivity contribution in [1.82, 2.24) is 9.88 Å². The molecule has 0 amide bonds. The van der Waals surface area contributed by atoms with E-state index in [1.165, 1.54) is 6.07 Å². The number of hydrogen-bond acceptors (Lipinski definition) is 1. The molecular weight excluding hydrogens is 203 g/mol. The quantitative estimate of drug-likeness (QED) is 0.611. The molecule has 1 aromatic heterocycles. The van der Waals surface area contributed by atoms with Gasteiger partial charge in [0.1, 0.15) is 5.82 Å². The Hall–Kier alpha value is -1.79. The molecule has 0 aliphatic heterocycles. The van der Waals surface area contributed by atoms with Crippen LogP contribution in [0.1, 0.15) is 0 Å². The highest BCUT2D eigenvalue weighted by atomic mass is 19.1. The lowest BCUT2D eigenvalue weighted by molar-refractivity contribution is 0.628. The Morgan fingerprint density at radius 1 is 1.38 bits per heavy atom. The van der Waals surface area contributed by atoms with Crippen LogP contribution in [0.4, 0.5) is 4.39 Å². The summed E-state index contributed by atoms with van der Waals surface area (Å²) in [5, 5.41) is 4.05. The van der Waals surface area contributed by atoms with Crippen LogP contribution >= 0.6 is 0 Å². The number of nitrogens with zero attached hydrogens (tertiary/aromatic N) is 1. The highest BCUT2D eigenvalue weighted by molar-refractivity contribution is 5.80. The van der Waals surface area contributed by atoms with Crippen molar-refractivity contribution in [3.05, 3.63) is 36.3 Å². The Morgan fingerprint density at radius 2 is 2.25 bits per heavy atom. The highest BCUT2D eigenvalue weighted by Crippen LogP contribution is 2.16. The van der Waals surface area contributed by atoms with E-state index in [0.29, 0.717) is 6.54 Å². The van der Waals surface area contributed by atoms with Crippen LogP contribution in [0.5, 0.6) is 0 Å². The van der Waals surface area contributed by atoms with Gasteiger partial charge in [-0.3, -0.25) is 0 Å². The molecule has 0 unspecified atom stereocenters. The van der Waals surface area contributed by atoms with E-state index >= 15 is 0 Å². The summed E-state index contributed by atoms with van der Waals surface area (Å²) in [5.41, 5.74) is 1.05. The normalized spacial score (nSPS) is 10.5. The molecule has 2 rings (SSSR count). The summed E-state index contributed by atoms with van der Waals surface area (Å²) in [7, 11) is 0. The first-order valence-electron chi connectivity index (χ1n) is 5.20. The fraction of sp³-hybridized carbons (Fsp3) is 0.231. The minimum atomic E-state index is -0.198. The molecule has 2 nitrogen and oxygen atoms in total. The summed E-state index contributed by atoms with van der Waals surface area (Å²) in [6, 6.07) is 6.74. The van der Waals surface area contributed by atoms with Crippen molar-refractivity contribution >= 4 is 10.9 Å². The van der Waals surface area contributed by atoms with Crippen LogP contribution in [0, 0.1) is 18.2 Å². The van der Waals surface area contributed by atoms with Crippen LogP contribution in [0.25, 0.3) is 10.9 Å². The number of nitrogens with one attached hydrogen (secondary N) is 1. The Bertz CT molecular complexity index is 522. The van der Waals surface area contributed by atoms with Gasteiger partial charge in [0, 0.05) is 30.2 Å². The lowest BCUT2D eigenvalue weighted by Gasteiger charge is -2.05. The van der Waals surface area contributed by atoms with Gasteiger partial charge in [-0.1, -0.05) is 5.92 Å². The molecule has 2 aromatic rings. The van der Waals surface area contributed by atoms with Crippen LogP contribution < -0.4 is 5.32 Å². The molecule has 0 saturated heterocycles. The van der Waals surface area contributed by atoms with E-state index in [1.54, 1.807) is 12.1 Å². The van der Waals surface area contributed by atoms with Crippen molar-refractivity contribution in [1.29, 1.82) is 0 Å². The van der Waals surface area contributed by atoms with Crippen LogP contribution in [0.2, 0.25) is 0 Å². The summed E-state index contributed by atoms with van der Waals surface area (Å²) in [6.45, 7) is 2.22. The van der Waals surface area contributed by atoms with E-state index in [9.17, 15) is 4.39 Å². The summed E-state index contributed by atoms with van der Waals surface area (Å²) in [6.07, 6.45) is 7.09. The Morgan fingerprint density at radius 3 is 3.06 bits per heavy atom. The first kappa shape index (κ1) is 10.7. The topological polar surface area (TPSA) is 17.0 Å². The van der Waals surface area contributed by atoms with E-state index in [1.807, 2.05) is 12.3 Å². The lowest BCUT2D eigenvalue weighted by atomic mass is 10.2. The van der Waals surface area contributed by atoms with Crippen LogP contribution in [0.15, 0.2) is 30.5 Å². The minimum absolute atomic E-state index is 0.198. The van der Waals surface area contributed by atoms with E-state index < -0.39 is 0 Å². The van der Waals surface area contributed by atoms with Crippen molar-refractivity contribution in [2.24, 2.45) is 0 Å². The molecule has 0 fully saturated rings. The Labute approximate surface area is 94.1 Å². The van der Waals surface area contributed by atoms with Gasteiger partial charge in [-0.05, 0) is 24.3 Å². The molecule has 16 heavy (non-hydrogen) atoms. The van der Waals surface area contributed by atoms with Crippen molar-refractivity contribution < 1.29 is 4.39 Å². The second-order valence-electron chi connectivity index (χ2n) is 3.59. The molecule has 0 saturated carbocycles. The molecular formula is C13H13FN2. The van der Waals surface area contributed by atoms with E-state index in [2.05, 4.69) is 15.8 Å². The molecule has 1 heterocycles. The van der Waals surface area contributed by atoms with Crippen molar-refractivity contribution in [3.63, 3.8) is 0 Å². The molecule has 0 spiro atoms. The third-order valence-corrected chi connectivity index (χ3v) is 2.49. The minimum Gasteiger partial charge on any atom is -0.346 e. The maximum Gasteiger partial charge on any atom is 0.123 e. The fourth-order valence-corrected chi connectivity index (χ4v) is 1.73. The second kappa shape index (κ2) is 4.82. The zero-order valence-corrected chi connectivity index (χ0v) is 8.91. The van der Waals surface area contributed by atoms with Gasteiger partial charge in [0.25, 0.3) is 0 Å². The van der Waals surface area contributed by atoms with Gasteiger partial charge in [-0.25, -0.2) is 4.39 Å². The summed E-state index contributed by atoms with van der Waals surface area (Å²) in [4.78, 5) is 0. The van der Waals surface area contributed by atoms with E-state index in [0.717, 1.165) is 24.0 Å². The Balaban J connectivity index is 2.10. The number of benzene rings is 1. The number of rotatable bonds is 4. The Kier molecular flexibility index (Phi) is 3.23. The van der Waals surface area contributed by atoms with Gasteiger partial charge in [0.05, 0.1) is 6.54 Å². The third kappa shape index (κ3) is 2.23. The average molecular weight is 216 g/mol. The van der Waals surface area contributed by atoms with Gasteiger partial charge in [-0.2, -0.15) is 0 Å². The molecule has 0 radical (unpaired) electrons. The molecule has 0 bridgehead atoms. The predicted octanol–water partition coefficient (Wildman–Crippen LogP) is 2.00. The molecule has 82 valence electrons. The van der Waals surface area contributed by atoms with Gasteiger partial charge < -0.3 is 9.88 Å². The first-order valence-corrected chi connectivity index (χ1v) is 5.20. The van der Waals surface area contributed by atoms with Crippen molar-refractivity contribution in [2.75, 3.05) is 13.1 Å². The summed E-state index contributed by atoms with van der Waals surface area (Å²) < 4.78 is 15.0. The van der Waals surface area contributed by atoms with Gasteiger partial charge >= 0.3 is 0 Å². The largest absolute Gasteiger partial charge is 0.346 e. The van der Waals surface area contributed by atoms with Crippen LogP contribution in [-0.2, 0) is 6.54 Å². The van der Waals surface area contributed by atoms with Gasteiger partial charge in [0.2, 0.25) is 0 Å². The van der Waals surface area contributed by atoms with Crippen molar-refractivity contribution in [2.45, 2.75) is 6.54 Å². The number of fused-ring (bicyclic) bond motifs is 1. The fourth-order valence-electron chi connectivity index (χ4n) is 1.73. The monoisotopic (exact) mass is 216 g/mol. The van der Waals surface area contributed by atoms with Crippen LogP contribution in [-0.4, -0.2) is 17.7 Å². The number of hydrogen-bond donors (Lipinski definition) is 1. The number of terminal acetylenes is 1. The van der Waals surface area contributed by atoms with Crippen molar-refractivity contribution in [3.8, 4) is 12.3 Å². The SMILES string of the molecule is C#CCNCCn1ccc2cc(F)ccc21. The molecule has 1 aromatic carbocycles. The smallest absolute Gasteiger partial charge is 0.123 e. The van der Waals surface area contributed by atoms with Gasteiger partial charge in [0.15, 0.2) is 0 Å². The molecule has 0 atom stereocenters. The standard InChI is InChI=1S/C13H13FN2/c1-2-6-15-7-9-16-8-5-11-10-12(14)3-4-13(11)16/h1,3-5,8,10,15H,6-7,9H2. The molecule has 3 heteroatoms. The highest BCUT2D eigenvalue weighted by Gasteiger charge is 2.01. The third-order valence-electron chi connectivity index (χ3n) is 2.49. The molecule has 0 aliphatic rings. The van der Waals surface area contributed by atoms with Crippen LogP contribution in [0.3, 0.4) is 0 Å². The van der Waals surface area contributed by atoms with E-state index in [-0.39, 0.29) is 5.82 Å². The number of aromatic nitrogens is 1. The molecule has 0 aliphatic carbocycles. The predicted molar refractivity (Wildman–Crippen MR) is 63.6 cm³/mol. The maximum absolute atomic E-state index is 13.0.